The molecule has 0 amide bonds. The molecule has 150 valence electrons. The summed E-state index contributed by atoms with van der Waals surface area (Å²) in [4.78, 5) is 2.20. The Labute approximate surface area is 179 Å². The Hall–Kier alpha value is -1.54. The second-order valence-electron chi connectivity index (χ2n) is 6.93. The molecule has 0 atom stereocenters. The van der Waals surface area contributed by atoms with E-state index in [9.17, 15) is 8.42 Å². The number of hydrogen-bond acceptors (Lipinski definition) is 4. The number of benzene rings is 2. The molecule has 0 aliphatic rings. The predicted octanol–water partition coefficient (Wildman–Crippen LogP) is 4.85. The van der Waals surface area contributed by atoms with Crippen LogP contribution in [0.4, 0.5) is 0 Å². The van der Waals surface area contributed by atoms with Crippen LogP contribution in [0, 0.1) is 13.8 Å². The summed E-state index contributed by atoms with van der Waals surface area (Å²) in [6.07, 6.45) is 0. The van der Waals surface area contributed by atoms with E-state index in [4.69, 9.17) is 16.3 Å². The van der Waals surface area contributed by atoms with Gasteiger partial charge in [-0.05, 0) is 79.8 Å². The highest BCUT2D eigenvalue weighted by Gasteiger charge is 2.27. The van der Waals surface area contributed by atoms with Crippen molar-refractivity contribution in [1.82, 2.24) is 8.87 Å². The Morgan fingerprint density at radius 2 is 1.86 bits per heavy atom. The van der Waals surface area contributed by atoms with Gasteiger partial charge in [0, 0.05) is 21.4 Å². The highest BCUT2D eigenvalue weighted by molar-refractivity contribution is 9.10. The molecule has 0 bridgehead atoms. The maximum Gasteiger partial charge on any atom is 0.269 e. The minimum atomic E-state index is -3.84. The van der Waals surface area contributed by atoms with Crippen LogP contribution in [0.1, 0.15) is 11.3 Å². The third-order valence-electron chi connectivity index (χ3n) is 4.45. The molecule has 0 spiro atoms. The number of nitrogens with zero attached hydrogens (tertiary/aromatic N) is 2. The Kier molecular flexibility index (Phi) is 6.10. The van der Waals surface area contributed by atoms with Gasteiger partial charge in [-0.1, -0.05) is 17.7 Å². The first-order chi connectivity index (χ1) is 13.1. The average Bonchev–Trinajstić information content (AvgIpc) is 2.86. The van der Waals surface area contributed by atoms with Gasteiger partial charge in [-0.25, -0.2) is 12.4 Å². The van der Waals surface area contributed by atoms with Crippen LogP contribution in [0.5, 0.6) is 5.75 Å². The lowest BCUT2D eigenvalue weighted by Crippen LogP contribution is -2.20. The molecule has 2 aromatic carbocycles. The first-order valence-electron chi connectivity index (χ1n) is 8.72. The van der Waals surface area contributed by atoms with Crippen molar-refractivity contribution in [2.75, 3.05) is 27.2 Å². The van der Waals surface area contributed by atoms with Crippen LogP contribution in [0.25, 0.3) is 10.9 Å². The topological polar surface area (TPSA) is 51.5 Å². The van der Waals surface area contributed by atoms with E-state index in [1.165, 1.54) is 3.97 Å². The van der Waals surface area contributed by atoms with Crippen LogP contribution in [0.3, 0.4) is 0 Å². The summed E-state index contributed by atoms with van der Waals surface area (Å²) in [5, 5.41) is 1.20. The Balaban J connectivity index is 2.22. The molecule has 0 radical (unpaired) electrons. The van der Waals surface area contributed by atoms with Gasteiger partial charge in [-0.3, -0.25) is 0 Å². The highest BCUT2D eigenvalue weighted by Crippen LogP contribution is 2.38. The number of ether oxygens (including phenoxy) is 1. The standard InChI is InChI=1S/C20H22BrClN2O3S/c1-13-5-8-19(17(21)11-13)28(25,26)24-14(2)20(27-10-9-23(3)4)16-12-15(22)6-7-18(16)24/h5-8,11-12H,9-10H2,1-4H3. The van der Waals surface area contributed by atoms with Gasteiger partial charge in [-0.2, -0.15) is 0 Å². The van der Waals surface area contributed by atoms with E-state index in [0.717, 1.165) is 5.56 Å². The molecule has 8 heteroatoms. The molecule has 0 N–H and O–H groups in total. The Bertz CT molecular complexity index is 1140. The molecule has 0 aliphatic heterocycles. The summed E-state index contributed by atoms with van der Waals surface area (Å²) in [5.41, 5.74) is 2.03. The summed E-state index contributed by atoms with van der Waals surface area (Å²) in [6.45, 7) is 4.81. The fourth-order valence-corrected chi connectivity index (χ4v) is 5.95. The number of aromatic nitrogens is 1. The van der Waals surface area contributed by atoms with Gasteiger partial charge in [0.2, 0.25) is 0 Å². The number of aryl methyl sites for hydroxylation is 1. The molecule has 28 heavy (non-hydrogen) atoms. The zero-order valence-corrected chi connectivity index (χ0v) is 19.3. The van der Waals surface area contributed by atoms with Crippen LogP contribution in [0.15, 0.2) is 45.8 Å². The van der Waals surface area contributed by atoms with E-state index in [0.29, 0.717) is 45.0 Å². The van der Waals surface area contributed by atoms with E-state index < -0.39 is 10.0 Å². The highest BCUT2D eigenvalue weighted by atomic mass is 79.9. The van der Waals surface area contributed by atoms with Crippen LogP contribution in [-0.4, -0.2) is 44.5 Å². The number of rotatable bonds is 6. The normalized spacial score (nSPS) is 12.1. The Morgan fingerprint density at radius 1 is 1.14 bits per heavy atom. The zero-order valence-electron chi connectivity index (χ0n) is 16.2. The van der Waals surface area contributed by atoms with Crippen LogP contribution in [-0.2, 0) is 10.0 Å². The lowest BCUT2D eigenvalue weighted by molar-refractivity contribution is 0.262. The SMILES string of the molecule is Cc1ccc(S(=O)(=O)n2c(C)c(OCCN(C)C)c3cc(Cl)ccc32)c(Br)c1. The maximum atomic E-state index is 13.5. The largest absolute Gasteiger partial charge is 0.490 e. The van der Waals surface area contributed by atoms with Crippen molar-refractivity contribution in [3.05, 3.63) is 57.2 Å². The van der Waals surface area contributed by atoms with E-state index >= 15 is 0 Å². The zero-order chi connectivity index (χ0) is 20.6. The first-order valence-corrected chi connectivity index (χ1v) is 11.3. The van der Waals surface area contributed by atoms with Crippen LogP contribution in [0.2, 0.25) is 5.02 Å². The van der Waals surface area contributed by atoms with Crippen LogP contribution < -0.4 is 4.74 Å². The van der Waals surface area contributed by atoms with Gasteiger partial charge in [0.25, 0.3) is 10.0 Å². The van der Waals surface area contributed by atoms with Crippen molar-refractivity contribution in [2.45, 2.75) is 18.7 Å². The third-order valence-corrected chi connectivity index (χ3v) is 7.46. The lowest BCUT2D eigenvalue weighted by atomic mass is 10.2. The van der Waals surface area contributed by atoms with Crippen molar-refractivity contribution < 1.29 is 13.2 Å². The molecule has 1 aromatic heterocycles. The van der Waals surface area contributed by atoms with E-state index in [1.807, 2.05) is 25.9 Å². The second kappa shape index (κ2) is 8.06. The molecule has 0 fully saturated rings. The van der Waals surface area contributed by atoms with Gasteiger partial charge in [0.15, 0.2) is 0 Å². The van der Waals surface area contributed by atoms with Gasteiger partial charge < -0.3 is 9.64 Å². The molecule has 3 aromatic rings. The number of fused-ring (bicyclic) bond motifs is 1. The summed E-state index contributed by atoms with van der Waals surface area (Å²) < 4.78 is 34.9. The Morgan fingerprint density at radius 3 is 2.50 bits per heavy atom. The smallest absolute Gasteiger partial charge is 0.269 e. The number of hydrogen-bond donors (Lipinski definition) is 0. The summed E-state index contributed by atoms with van der Waals surface area (Å²) >= 11 is 9.58. The monoisotopic (exact) mass is 484 g/mol. The maximum absolute atomic E-state index is 13.5. The third kappa shape index (κ3) is 3.94. The van der Waals surface area contributed by atoms with E-state index in [-0.39, 0.29) is 4.90 Å². The van der Waals surface area contributed by atoms with E-state index in [2.05, 4.69) is 15.9 Å². The van der Waals surface area contributed by atoms with Crippen molar-refractivity contribution in [3.8, 4) is 5.75 Å². The predicted molar refractivity (Wildman–Crippen MR) is 117 cm³/mol. The van der Waals surface area contributed by atoms with Gasteiger partial charge >= 0.3 is 0 Å². The molecule has 0 aliphatic carbocycles. The number of likely N-dealkylation sites (N-methyl/N-ethyl adjacent to an activating group) is 1. The fraction of sp³-hybridized carbons (Fsp3) is 0.300. The molecule has 0 saturated carbocycles. The minimum Gasteiger partial charge on any atom is -0.490 e. The molecule has 3 rings (SSSR count). The van der Waals surface area contributed by atoms with E-state index in [1.54, 1.807) is 43.3 Å². The molecule has 5 nitrogen and oxygen atoms in total. The van der Waals surface area contributed by atoms with Crippen molar-refractivity contribution in [2.24, 2.45) is 0 Å². The average molecular weight is 486 g/mol. The fourth-order valence-electron chi connectivity index (χ4n) is 3.07. The lowest BCUT2D eigenvalue weighted by Gasteiger charge is -2.13. The molecule has 0 saturated heterocycles. The molecular formula is C20H22BrClN2O3S. The summed E-state index contributed by atoms with van der Waals surface area (Å²) in [5.74, 6) is 0.533. The molecule has 1 heterocycles. The van der Waals surface area contributed by atoms with Crippen molar-refractivity contribution in [3.63, 3.8) is 0 Å². The molecule has 0 unspecified atom stereocenters. The van der Waals surface area contributed by atoms with Gasteiger partial charge in [0.05, 0.1) is 11.2 Å². The summed E-state index contributed by atoms with van der Waals surface area (Å²) in [7, 11) is 0.0674. The van der Waals surface area contributed by atoms with Gasteiger partial charge in [0.1, 0.15) is 17.3 Å². The van der Waals surface area contributed by atoms with Crippen molar-refractivity contribution >= 4 is 48.5 Å². The first kappa shape index (κ1) is 21.2. The number of halogens is 2. The van der Waals surface area contributed by atoms with Gasteiger partial charge in [-0.15, -0.1) is 0 Å². The molecular weight excluding hydrogens is 464 g/mol. The van der Waals surface area contributed by atoms with Crippen LogP contribution >= 0.6 is 27.5 Å². The second-order valence-corrected chi connectivity index (χ2v) is 9.98. The van der Waals surface area contributed by atoms with Crippen molar-refractivity contribution in [1.29, 1.82) is 0 Å². The summed E-state index contributed by atoms with van der Waals surface area (Å²) in [6, 6.07) is 10.3. The minimum absolute atomic E-state index is 0.202. The quantitative estimate of drug-likeness (QED) is 0.501.